The molecule has 0 aliphatic rings. The quantitative estimate of drug-likeness (QED) is 0.725. The van der Waals surface area contributed by atoms with Crippen molar-refractivity contribution >= 4 is 0 Å². The lowest BCUT2D eigenvalue weighted by Crippen LogP contribution is -2.17. The van der Waals surface area contributed by atoms with Crippen LogP contribution in [-0.4, -0.2) is 30.2 Å². The van der Waals surface area contributed by atoms with Crippen molar-refractivity contribution in [3.05, 3.63) is 42.0 Å². The molecule has 0 bridgehead atoms. The fourth-order valence-electron chi connectivity index (χ4n) is 2.04. The SMILES string of the molecule is CCOc1c(CNCCc2cnc[nH]2)cccc1OC. The van der Waals surface area contributed by atoms with Crippen LogP contribution in [0.15, 0.2) is 30.7 Å². The van der Waals surface area contributed by atoms with Crippen molar-refractivity contribution in [3.8, 4) is 11.5 Å². The van der Waals surface area contributed by atoms with Gasteiger partial charge < -0.3 is 19.8 Å². The molecule has 0 aliphatic heterocycles. The second-order valence-corrected chi connectivity index (χ2v) is 4.39. The Hall–Kier alpha value is -2.01. The molecule has 2 rings (SSSR count). The van der Waals surface area contributed by atoms with E-state index in [0.29, 0.717) is 6.61 Å². The molecule has 0 atom stereocenters. The molecule has 20 heavy (non-hydrogen) atoms. The molecule has 1 heterocycles. The predicted molar refractivity (Wildman–Crippen MR) is 78.2 cm³/mol. The van der Waals surface area contributed by atoms with Gasteiger partial charge in [0.05, 0.1) is 20.0 Å². The minimum Gasteiger partial charge on any atom is -0.493 e. The molecule has 0 aliphatic carbocycles. The molecule has 5 nitrogen and oxygen atoms in total. The highest BCUT2D eigenvalue weighted by Gasteiger charge is 2.09. The summed E-state index contributed by atoms with van der Waals surface area (Å²) in [6.07, 6.45) is 4.47. The van der Waals surface area contributed by atoms with Gasteiger partial charge in [0.2, 0.25) is 0 Å². The van der Waals surface area contributed by atoms with Gasteiger partial charge >= 0.3 is 0 Å². The largest absolute Gasteiger partial charge is 0.493 e. The Bertz CT molecular complexity index is 512. The van der Waals surface area contributed by atoms with Crippen LogP contribution in [0.4, 0.5) is 0 Å². The standard InChI is InChI=1S/C15H21N3O2/c1-3-20-15-12(5-4-6-14(15)19-2)9-16-8-7-13-10-17-11-18-13/h4-6,10-11,16H,3,7-9H2,1-2H3,(H,17,18). The molecule has 0 fully saturated rings. The summed E-state index contributed by atoms with van der Waals surface area (Å²) in [4.78, 5) is 7.09. The highest BCUT2D eigenvalue weighted by Crippen LogP contribution is 2.30. The first kappa shape index (κ1) is 14.4. The molecule has 0 amide bonds. The fourth-order valence-corrected chi connectivity index (χ4v) is 2.04. The molecule has 108 valence electrons. The highest BCUT2D eigenvalue weighted by atomic mass is 16.5. The summed E-state index contributed by atoms with van der Waals surface area (Å²) in [5, 5.41) is 3.41. The molecular formula is C15H21N3O2. The van der Waals surface area contributed by atoms with Gasteiger partial charge in [-0.05, 0) is 13.0 Å². The van der Waals surface area contributed by atoms with E-state index >= 15 is 0 Å². The van der Waals surface area contributed by atoms with E-state index < -0.39 is 0 Å². The molecule has 0 saturated heterocycles. The van der Waals surface area contributed by atoms with Gasteiger partial charge in [-0.3, -0.25) is 0 Å². The molecule has 0 unspecified atom stereocenters. The third-order valence-corrected chi connectivity index (χ3v) is 3.01. The van der Waals surface area contributed by atoms with Crippen molar-refractivity contribution in [1.82, 2.24) is 15.3 Å². The van der Waals surface area contributed by atoms with Crippen LogP contribution in [0, 0.1) is 0 Å². The van der Waals surface area contributed by atoms with E-state index in [4.69, 9.17) is 9.47 Å². The van der Waals surface area contributed by atoms with Crippen molar-refractivity contribution in [1.29, 1.82) is 0 Å². The number of aromatic nitrogens is 2. The van der Waals surface area contributed by atoms with E-state index in [1.54, 1.807) is 13.4 Å². The Balaban J connectivity index is 1.91. The van der Waals surface area contributed by atoms with Gasteiger partial charge in [0.25, 0.3) is 0 Å². The lowest BCUT2D eigenvalue weighted by atomic mass is 10.2. The van der Waals surface area contributed by atoms with Crippen LogP contribution in [0.3, 0.4) is 0 Å². The monoisotopic (exact) mass is 275 g/mol. The van der Waals surface area contributed by atoms with Gasteiger partial charge in [-0.2, -0.15) is 0 Å². The lowest BCUT2D eigenvalue weighted by molar-refractivity contribution is 0.307. The summed E-state index contributed by atoms with van der Waals surface area (Å²) in [6.45, 7) is 4.23. The average Bonchev–Trinajstić information content (AvgIpc) is 2.98. The number of aromatic amines is 1. The van der Waals surface area contributed by atoms with Crippen LogP contribution in [0.2, 0.25) is 0 Å². The normalized spacial score (nSPS) is 10.5. The third kappa shape index (κ3) is 3.74. The Kier molecular flexibility index (Phi) is 5.43. The van der Waals surface area contributed by atoms with Crippen molar-refractivity contribution < 1.29 is 9.47 Å². The number of benzene rings is 1. The molecule has 2 N–H and O–H groups in total. The van der Waals surface area contributed by atoms with Crippen LogP contribution >= 0.6 is 0 Å². The topological polar surface area (TPSA) is 59.2 Å². The smallest absolute Gasteiger partial charge is 0.165 e. The van der Waals surface area contributed by atoms with Gasteiger partial charge in [0.15, 0.2) is 11.5 Å². The van der Waals surface area contributed by atoms with E-state index in [1.807, 2.05) is 25.3 Å². The first-order chi connectivity index (χ1) is 9.85. The maximum Gasteiger partial charge on any atom is 0.165 e. The number of methoxy groups -OCH3 is 1. The van der Waals surface area contributed by atoms with Gasteiger partial charge in [-0.25, -0.2) is 4.98 Å². The first-order valence-electron chi connectivity index (χ1n) is 6.81. The number of rotatable bonds is 8. The number of ether oxygens (including phenoxy) is 2. The van der Waals surface area contributed by atoms with Crippen LogP contribution < -0.4 is 14.8 Å². The molecule has 5 heteroatoms. The summed E-state index contributed by atoms with van der Waals surface area (Å²) in [7, 11) is 1.66. The first-order valence-corrected chi connectivity index (χ1v) is 6.81. The van der Waals surface area contributed by atoms with E-state index in [2.05, 4.69) is 21.4 Å². The molecule has 0 spiro atoms. The lowest BCUT2D eigenvalue weighted by Gasteiger charge is -2.14. The number of nitrogens with one attached hydrogen (secondary N) is 2. The Labute approximate surface area is 119 Å². The number of hydrogen-bond acceptors (Lipinski definition) is 4. The summed E-state index contributed by atoms with van der Waals surface area (Å²) >= 11 is 0. The Morgan fingerprint density at radius 2 is 2.25 bits per heavy atom. The molecule has 1 aromatic heterocycles. The van der Waals surface area contributed by atoms with Gasteiger partial charge in [0.1, 0.15) is 0 Å². The molecular weight excluding hydrogens is 254 g/mol. The van der Waals surface area contributed by atoms with E-state index in [1.165, 1.54) is 0 Å². The minimum atomic E-state index is 0.627. The van der Waals surface area contributed by atoms with E-state index in [-0.39, 0.29) is 0 Å². The second kappa shape index (κ2) is 7.55. The minimum absolute atomic E-state index is 0.627. The highest BCUT2D eigenvalue weighted by molar-refractivity contribution is 5.46. The number of hydrogen-bond donors (Lipinski definition) is 2. The summed E-state index contributed by atoms with van der Waals surface area (Å²) < 4.78 is 11.0. The maximum atomic E-state index is 5.68. The van der Waals surface area contributed by atoms with Crippen molar-refractivity contribution in [2.45, 2.75) is 19.9 Å². The van der Waals surface area contributed by atoms with Crippen molar-refractivity contribution in [2.75, 3.05) is 20.3 Å². The number of para-hydroxylation sites is 1. The van der Waals surface area contributed by atoms with Gasteiger partial charge in [0, 0.05) is 37.0 Å². The molecule has 2 aromatic rings. The third-order valence-electron chi connectivity index (χ3n) is 3.01. The number of H-pyrrole nitrogens is 1. The summed E-state index contributed by atoms with van der Waals surface area (Å²) in [5.41, 5.74) is 2.24. The zero-order valence-corrected chi connectivity index (χ0v) is 12.0. The average molecular weight is 275 g/mol. The van der Waals surface area contributed by atoms with E-state index in [0.717, 1.165) is 42.3 Å². The van der Waals surface area contributed by atoms with Crippen LogP contribution in [0.25, 0.3) is 0 Å². The van der Waals surface area contributed by atoms with Crippen LogP contribution in [0.1, 0.15) is 18.2 Å². The fraction of sp³-hybridized carbons (Fsp3) is 0.400. The second-order valence-electron chi connectivity index (χ2n) is 4.39. The Morgan fingerprint density at radius 1 is 1.35 bits per heavy atom. The van der Waals surface area contributed by atoms with Crippen LogP contribution in [0.5, 0.6) is 11.5 Å². The maximum absolute atomic E-state index is 5.68. The summed E-state index contributed by atoms with van der Waals surface area (Å²) in [5.74, 6) is 1.60. The Morgan fingerprint density at radius 3 is 2.95 bits per heavy atom. The zero-order valence-electron chi connectivity index (χ0n) is 12.0. The predicted octanol–water partition coefficient (Wildman–Crippen LogP) is 2.15. The number of nitrogens with zero attached hydrogens (tertiary/aromatic N) is 1. The van der Waals surface area contributed by atoms with Crippen LogP contribution in [-0.2, 0) is 13.0 Å². The van der Waals surface area contributed by atoms with Crippen molar-refractivity contribution in [2.24, 2.45) is 0 Å². The zero-order chi connectivity index (χ0) is 14.2. The molecule has 0 saturated carbocycles. The number of imidazole rings is 1. The molecule has 1 aromatic carbocycles. The van der Waals surface area contributed by atoms with E-state index in [9.17, 15) is 0 Å². The summed E-state index contributed by atoms with van der Waals surface area (Å²) in [6, 6.07) is 5.95. The van der Waals surface area contributed by atoms with Gasteiger partial charge in [-0.15, -0.1) is 0 Å². The van der Waals surface area contributed by atoms with Gasteiger partial charge in [-0.1, -0.05) is 12.1 Å². The molecule has 0 radical (unpaired) electrons. The van der Waals surface area contributed by atoms with Crippen molar-refractivity contribution in [3.63, 3.8) is 0 Å².